The summed E-state index contributed by atoms with van der Waals surface area (Å²) in [6.07, 6.45) is 3.50. The first kappa shape index (κ1) is 19.7. The molecular formula is C23H23FN4O3. The number of piperidine rings is 2. The molecule has 0 radical (unpaired) electrons. The molecule has 2 aliphatic heterocycles. The number of phenolic OH excluding ortho intramolecular Hbond substituents is 1. The van der Waals surface area contributed by atoms with Gasteiger partial charge in [0.25, 0.3) is 0 Å². The number of nitrogens with zero attached hydrogens (tertiary/aromatic N) is 2. The summed E-state index contributed by atoms with van der Waals surface area (Å²) in [6, 6.07) is 11.8. The van der Waals surface area contributed by atoms with Gasteiger partial charge in [0.05, 0.1) is 5.69 Å². The van der Waals surface area contributed by atoms with Gasteiger partial charge in [0, 0.05) is 42.4 Å². The van der Waals surface area contributed by atoms with Crippen molar-refractivity contribution >= 4 is 0 Å². The van der Waals surface area contributed by atoms with E-state index < -0.39 is 12.3 Å². The van der Waals surface area contributed by atoms with E-state index in [2.05, 4.69) is 20.5 Å². The van der Waals surface area contributed by atoms with Crippen molar-refractivity contribution in [3.63, 3.8) is 0 Å². The molecule has 7 nitrogen and oxygen atoms in total. The topological polar surface area (TPSA) is 100 Å². The number of phenols is 1. The molecule has 160 valence electrons. The fourth-order valence-electron chi connectivity index (χ4n) is 4.51. The first-order valence-electron chi connectivity index (χ1n) is 10.5. The molecule has 0 amide bonds. The first-order chi connectivity index (χ1) is 15.1. The van der Waals surface area contributed by atoms with E-state index >= 15 is 0 Å². The van der Waals surface area contributed by atoms with Gasteiger partial charge in [0.2, 0.25) is 11.4 Å². The molecule has 1 aromatic carbocycles. The maximum Gasteiger partial charge on any atom is 0.248 e. The van der Waals surface area contributed by atoms with Gasteiger partial charge in [0.15, 0.2) is 6.17 Å². The highest BCUT2D eigenvalue weighted by Crippen LogP contribution is 2.33. The van der Waals surface area contributed by atoms with Gasteiger partial charge in [0.1, 0.15) is 11.9 Å². The van der Waals surface area contributed by atoms with E-state index in [1.807, 2.05) is 0 Å². The Balaban J connectivity index is 1.32. The van der Waals surface area contributed by atoms with Crippen molar-refractivity contribution in [3.8, 4) is 34.0 Å². The Hall–Kier alpha value is -3.26. The largest absolute Gasteiger partial charge is 0.507 e. The number of rotatable bonds is 4. The maximum absolute atomic E-state index is 14.7. The van der Waals surface area contributed by atoms with E-state index in [-0.39, 0.29) is 23.2 Å². The lowest BCUT2D eigenvalue weighted by atomic mass is 9.84. The van der Waals surface area contributed by atoms with Crippen molar-refractivity contribution < 1.29 is 14.2 Å². The minimum atomic E-state index is -1.07. The van der Waals surface area contributed by atoms with Crippen molar-refractivity contribution in [2.45, 2.75) is 50.0 Å². The van der Waals surface area contributed by atoms with Crippen LogP contribution in [0.4, 0.5) is 4.39 Å². The average molecular weight is 422 g/mol. The lowest BCUT2D eigenvalue weighted by molar-refractivity contribution is 0.00652. The van der Waals surface area contributed by atoms with Crippen molar-refractivity contribution in [2.24, 2.45) is 0 Å². The summed E-state index contributed by atoms with van der Waals surface area (Å²) < 4.78 is 20.5. The zero-order valence-corrected chi connectivity index (χ0v) is 16.8. The molecule has 0 spiro atoms. The number of alkyl halides is 1. The van der Waals surface area contributed by atoms with Gasteiger partial charge < -0.3 is 20.1 Å². The standard InChI is InChI=1S/C23H23FN4O3/c24-23-18-3-1-2-15(26-18)12-20(23)31-22-7-6-17(27-28-22)16-5-4-13(10-19(16)29)14-8-9-25-21(30)11-14/h4-11,15,18,20,23,26,29H,1-3,12H2,(H,25,30)/t15?,18?,20-,23+/m1/s1. The molecule has 2 unspecified atom stereocenters. The van der Waals surface area contributed by atoms with E-state index in [0.717, 1.165) is 19.3 Å². The third-order valence-corrected chi connectivity index (χ3v) is 6.07. The number of aromatic hydroxyl groups is 1. The molecular weight excluding hydrogens is 399 g/mol. The highest BCUT2D eigenvalue weighted by molar-refractivity contribution is 5.74. The van der Waals surface area contributed by atoms with E-state index in [1.165, 1.54) is 6.07 Å². The van der Waals surface area contributed by atoms with Crippen LogP contribution < -0.4 is 15.6 Å². The Kier molecular flexibility index (Phi) is 5.15. The number of halogens is 1. The minimum Gasteiger partial charge on any atom is -0.507 e. The predicted octanol–water partition coefficient (Wildman–Crippen LogP) is 3.20. The Morgan fingerprint density at radius 3 is 2.71 bits per heavy atom. The second-order valence-corrected chi connectivity index (χ2v) is 8.17. The van der Waals surface area contributed by atoms with E-state index in [1.54, 1.807) is 42.6 Å². The fraction of sp³-hybridized carbons (Fsp3) is 0.348. The number of hydrogen-bond acceptors (Lipinski definition) is 6. The molecule has 5 rings (SSSR count). The molecule has 4 heterocycles. The predicted molar refractivity (Wildman–Crippen MR) is 114 cm³/mol. The van der Waals surface area contributed by atoms with Crippen molar-refractivity contribution in [1.29, 1.82) is 0 Å². The molecule has 8 heteroatoms. The summed E-state index contributed by atoms with van der Waals surface area (Å²) >= 11 is 0. The first-order valence-corrected chi connectivity index (χ1v) is 10.5. The van der Waals surface area contributed by atoms with Gasteiger partial charge in [-0.05, 0) is 48.2 Å². The highest BCUT2D eigenvalue weighted by Gasteiger charge is 2.41. The fourth-order valence-corrected chi connectivity index (χ4v) is 4.51. The number of fused-ring (bicyclic) bond motifs is 2. The molecule has 2 aromatic heterocycles. The quantitative estimate of drug-likeness (QED) is 0.597. The van der Waals surface area contributed by atoms with Gasteiger partial charge in [-0.1, -0.05) is 12.5 Å². The second kappa shape index (κ2) is 8.11. The zero-order valence-electron chi connectivity index (χ0n) is 16.8. The second-order valence-electron chi connectivity index (χ2n) is 8.17. The van der Waals surface area contributed by atoms with Crippen LogP contribution in [0, 0.1) is 0 Å². The number of H-pyrrole nitrogens is 1. The molecule has 2 fully saturated rings. The molecule has 2 saturated heterocycles. The molecule has 3 aromatic rings. The van der Waals surface area contributed by atoms with Gasteiger partial charge >= 0.3 is 0 Å². The van der Waals surface area contributed by atoms with E-state index in [4.69, 9.17) is 4.74 Å². The third-order valence-electron chi connectivity index (χ3n) is 6.07. The normalized spacial score (nSPS) is 25.2. The van der Waals surface area contributed by atoms with Crippen molar-refractivity contribution in [2.75, 3.05) is 0 Å². The smallest absolute Gasteiger partial charge is 0.248 e. The highest BCUT2D eigenvalue weighted by atomic mass is 19.1. The Morgan fingerprint density at radius 1 is 1.06 bits per heavy atom. The average Bonchev–Trinajstić information content (AvgIpc) is 2.78. The number of benzene rings is 1. The number of hydrogen-bond donors (Lipinski definition) is 3. The molecule has 0 saturated carbocycles. The summed E-state index contributed by atoms with van der Waals surface area (Å²) in [5, 5.41) is 22.1. The number of aromatic nitrogens is 3. The number of nitrogens with one attached hydrogen (secondary N) is 2. The summed E-state index contributed by atoms with van der Waals surface area (Å²) in [5.41, 5.74) is 2.18. The van der Waals surface area contributed by atoms with Gasteiger partial charge in [-0.2, -0.15) is 0 Å². The van der Waals surface area contributed by atoms with Crippen LogP contribution in [0.1, 0.15) is 25.7 Å². The molecule has 3 N–H and O–H groups in total. The van der Waals surface area contributed by atoms with Gasteiger partial charge in [-0.25, -0.2) is 4.39 Å². The van der Waals surface area contributed by atoms with Crippen LogP contribution in [0.5, 0.6) is 11.6 Å². The van der Waals surface area contributed by atoms with Gasteiger partial charge in [-0.3, -0.25) is 4.79 Å². The summed E-state index contributed by atoms with van der Waals surface area (Å²) in [7, 11) is 0. The Labute approximate surface area is 178 Å². The SMILES string of the molecule is O=c1cc(-c2ccc(-c3ccc(O[C@@H]4CC5CCCC(N5)[C@@H]4F)nn3)c(O)c2)cc[nH]1. The van der Waals surface area contributed by atoms with Crippen LogP contribution in [-0.2, 0) is 0 Å². The number of ether oxygens (including phenoxy) is 1. The Morgan fingerprint density at radius 2 is 1.94 bits per heavy atom. The van der Waals surface area contributed by atoms with Crippen LogP contribution in [0.25, 0.3) is 22.4 Å². The monoisotopic (exact) mass is 422 g/mol. The molecule has 2 aliphatic rings. The Bertz CT molecular complexity index is 1130. The molecule has 0 aliphatic carbocycles. The summed E-state index contributed by atoms with van der Waals surface area (Å²) in [4.78, 5) is 14.1. The lowest BCUT2D eigenvalue weighted by Crippen LogP contribution is -2.59. The minimum absolute atomic E-state index is 0.0238. The van der Waals surface area contributed by atoms with E-state index in [0.29, 0.717) is 34.8 Å². The molecule has 4 atom stereocenters. The van der Waals surface area contributed by atoms with Gasteiger partial charge in [-0.15, -0.1) is 10.2 Å². The van der Waals surface area contributed by atoms with Crippen LogP contribution >= 0.6 is 0 Å². The summed E-state index contributed by atoms with van der Waals surface area (Å²) in [6.45, 7) is 0. The van der Waals surface area contributed by atoms with Crippen LogP contribution in [0.3, 0.4) is 0 Å². The zero-order chi connectivity index (χ0) is 21.4. The van der Waals surface area contributed by atoms with Crippen molar-refractivity contribution in [3.05, 3.63) is 59.0 Å². The number of pyridine rings is 1. The van der Waals surface area contributed by atoms with Crippen LogP contribution in [0.2, 0.25) is 0 Å². The van der Waals surface area contributed by atoms with Crippen LogP contribution in [0.15, 0.2) is 53.5 Å². The van der Waals surface area contributed by atoms with Crippen LogP contribution in [-0.4, -0.2) is 44.6 Å². The maximum atomic E-state index is 14.7. The third kappa shape index (κ3) is 4.03. The molecule has 2 bridgehead atoms. The lowest BCUT2D eigenvalue weighted by Gasteiger charge is -2.42. The van der Waals surface area contributed by atoms with E-state index in [9.17, 15) is 14.3 Å². The molecule has 31 heavy (non-hydrogen) atoms. The number of aromatic amines is 1. The summed E-state index contributed by atoms with van der Waals surface area (Å²) in [5.74, 6) is 0.298. The van der Waals surface area contributed by atoms with Crippen molar-refractivity contribution in [1.82, 2.24) is 20.5 Å².